The fourth-order valence-electron chi connectivity index (χ4n) is 3.63. The summed E-state index contributed by atoms with van der Waals surface area (Å²) in [5.41, 5.74) is 8.08. The number of phenols is 1. The number of nitrogens with two attached hydrogens (primary N) is 1. The minimum Gasteiger partial charge on any atom is -0.507 e. The smallest absolute Gasteiger partial charge is 0.132 e. The van der Waals surface area contributed by atoms with E-state index in [0.29, 0.717) is 25.3 Å². The second-order valence-electron chi connectivity index (χ2n) is 6.99. The number of aromatic hydroxyl groups is 1. The molecule has 4 nitrogen and oxygen atoms in total. The molecule has 0 amide bonds. The number of hydrogen-bond acceptors (Lipinski definition) is 4. The van der Waals surface area contributed by atoms with Crippen LogP contribution in [-0.4, -0.2) is 34.8 Å². The van der Waals surface area contributed by atoms with Crippen molar-refractivity contribution >= 4 is 5.57 Å². The minimum atomic E-state index is -1.21. The molecule has 2 aliphatic rings. The molecule has 0 bridgehead atoms. The van der Waals surface area contributed by atoms with Gasteiger partial charge in [-0.15, -0.1) is 0 Å². The summed E-state index contributed by atoms with van der Waals surface area (Å²) in [7, 11) is 0. The number of hydrogen-bond donors (Lipinski definition) is 2. The Morgan fingerprint density at radius 2 is 2.29 bits per heavy atom. The van der Waals surface area contributed by atoms with Gasteiger partial charge in [0.05, 0.1) is 18.0 Å². The van der Waals surface area contributed by atoms with E-state index in [2.05, 4.69) is 6.08 Å². The summed E-state index contributed by atoms with van der Waals surface area (Å²) in [6.45, 7) is 1.47. The van der Waals surface area contributed by atoms with Gasteiger partial charge >= 0.3 is 0 Å². The average Bonchev–Trinajstić information content (AvgIpc) is 3.06. The lowest BCUT2D eigenvalue weighted by atomic mass is 9.84. The Bertz CT molecular complexity index is 682. The Kier molecular flexibility index (Phi) is 4.88. The van der Waals surface area contributed by atoms with Gasteiger partial charge in [-0.05, 0) is 42.9 Å². The fraction of sp³-hybridized carbons (Fsp3) is 0.526. The third kappa shape index (κ3) is 3.45. The van der Waals surface area contributed by atoms with Crippen molar-refractivity contribution in [1.82, 2.24) is 4.90 Å². The van der Waals surface area contributed by atoms with E-state index in [1.165, 1.54) is 5.57 Å². The number of likely N-dealkylation sites (tertiary alicyclic amines) is 1. The Morgan fingerprint density at radius 3 is 2.92 bits per heavy atom. The first-order valence-corrected chi connectivity index (χ1v) is 8.55. The van der Waals surface area contributed by atoms with Gasteiger partial charge in [0.2, 0.25) is 0 Å². The number of nitriles is 1. The molecule has 2 atom stereocenters. The molecule has 2 unspecified atom stereocenters. The van der Waals surface area contributed by atoms with Gasteiger partial charge in [-0.2, -0.15) is 5.26 Å². The zero-order valence-corrected chi connectivity index (χ0v) is 13.8. The van der Waals surface area contributed by atoms with E-state index in [1.807, 2.05) is 23.1 Å². The first kappa shape index (κ1) is 16.9. The lowest BCUT2D eigenvalue weighted by Gasteiger charge is -2.40. The van der Waals surface area contributed by atoms with Crippen LogP contribution in [-0.2, 0) is 6.54 Å². The molecule has 0 aromatic heterocycles. The number of alkyl halides is 1. The maximum absolute atomic E-state index is 14.3. The SMILES string of the molecule is N#CCC1(N)CCN(Cc2ccc(C3=CCCC3)c(O)c2)CC1F. The van der Waals surface area contributed by atoms with Gasteiger partial charge in [0.25, 0.3) is 0 Å². The Hall–Kier alpha value is -1.90. The van der Waals surface area contributed by atoms with Crippen molar-refractivity contribution in [2.45, 2.75) is 50.4 Å². The lowest BCUT2D eigenvalue weighted by molar-refractivity contribution is 0.0610. The van der Waals surface area contributed by atoms with Crippen LogP contribution < -0.4 is 5.73 Å². The molecule has 3 rings (SSSR count). The highest BCUT2D eigenvalue weighted by molar-refractivity contribution is 5.71. The number of nitrogens with zero attached hydrogens (tertiary/aromatic N) is 2. The first-order valence-electron chi connectivity index (χ1n) is 8.55. The molecule has 3 N–H and O–H groups in total. The Morgan fingerprint density at radius 1 is 1.46 bits per heavy atom. The van der Waals surface area contributed by atoms with E-state index < -0.39 is 11.7 Å². The summed E-state index contributed by atoms with van der Waals surface area (Å²) >= 11 is 0. The standard InChI is InChI=1S/C19H24FN3O/c20-18-13-23(10-8-19(18,22)7-9-21)12-14-5-6-16(17(24)11-14)15-3-1-2-4-15/h3,5-6,11,18,24H,1-2,4,7-8,10,12-13,22H2. The summed E-state index contributed by atoms with van der Waals surface area (Å²) in [5.74, 6) is 0.298. The number of halogens is 1. The van der Waals surface area contributed by atoms with Crippen molar-refractivity contribution < 1.29 is 9.50 Å². The minimum absolute atomic E-state index is 0.0482. The molecular weight excluding hydrogens is 305 g/mol. The van der Waals surface area contributed by atoms with Crippen LogP contribution in [0.5, 0.6) is 5.75 Å². The topological polar surface area (TPSA) is 73.3 Å². The zero-order valence-electron chi connectivity index (χ0n) is 13.8. The molecule has 1 saturated heterocycles. The molecular formula is C19H24FN3O. The van der Waals surface area contributed by atoms with Crippen LogP contribution in [0.2, 0.25) is 0 Å². The summed E-state index contributed by atoms with van der Waals surface area (Å²) in [5, 5.41) is 19.1. The number of allylic oxidation sites excluding steroid dienone is 2. The summed E-state index contributed by atoms with van der Waals surface area (Å²) < 4.78 is 14.3. The van der Waals surface area contributed by atoms with Crippen LogP contribution >= 0.6 is 0 Å². The van der Waals surface area contributed by atoms with Crippen LogP contribution in [0.1, 0.15) is 43.2 Å². The molecule has 1 aliphatic heterocycles. The van der Waals surface area contributed by atoms with E-state index in [1.54, 1.807) is 6.07 Å². The summed E-state index contributed by atoms with van der Waals surface area (Å²) in [4.78, 5) is 2.00. The van der Waals surface area contributed by atoms with Gasteiger partial charge in [0.1, 0.15) is 11.9 Å². The number of phenolic OH excluding ortho intramolecular Hbond substituents is 1. The molecule has 24 heavy (non-hydrogen) atoms. The highest BCUT2D eigenvalue weighted by Crippen LogP contribution is 2.34. The molecule has 1 aliphatic carbocycles. The normalized spacial score (nSPS) is 27.7. The monoisotopic (exact) mass is 329 g/mol. The molecule has 0 radical (unpaired) electrons. The average molecular weight is 329 g/mol. The van der Waals surface area contributed by atoms with Gasteiger partial charge in [0, 0.05) is 25.2 Å². The first-order chi connectivity index (χ1) is 11.5. The van der Waals surface area contributed by atoms with Crippen LogP contribution in [0.25, 0.3) is 5.57 Å². The van der Waals surface area contributed by atoms with Gasteiger partial charge < -0.3 is 10.8 Å². The van der Waals surface area contributed by atoms with E-state index in [0.717, 1.165) is 30.4 Å². The van der Waals surface area contributed by atoms with Crippen molar-refractivity contribution in [3.63, 3.8) is 0 Å². The highest BCUT2D eigenvalue weighted by Gasteiger charge is 2.40. The predicted octanol–water partition coefficient (Wildman–Crippen LogP) is 3.11. The second-order valence-corrected chi connectivity index (χ2v) is 6.99. The van der Waals surface area contributed by atoms with Crippen LogP contribution in [0.15, 0.2) is 24.3 Å². The lowest BCUT2D eigenvalue weighted by Crippen LogP contribution is -2.58. The maximum atomic E-state index is 14.3. The Balaban J connectivity index is 1.65. The van der Waals surface area contributed by atoms with Crippen LogP contribution in [0.4, 0.5) is 4.39 Å². The van der Waals surface area contributed by atoms with Crippen molar-refractivity contribution in [3.8, 4) is 11.8 Å². The predicted molar refractivity (Wildman–Crippen MR) is 91.9 cm³/mol. The van der Waals surface area contributed by atoms with E-state index in [4.69, 9.17) is 11.0 Å². The molecule has 5 heteroatoms. The quantitative estimate of drug-likeness (QED) is 0.890. The van der Waals surface area contributed by atoms with Crippen molar-refractivity contribution in [2.75, 3.05) is 13.1 Å². The summed E-state index contributed by atoms with van der Waals surface area (Å²) in [6.07, 6.45) is 4.73. The summed E-state index contributed by atoms with van der Waals surface area (Å²) in [6, 6.07) is 7.73. The van der Waals surface area contributed by atoms with Crippen LogP contribution in [0.3, 0.4) is 0 Å². The Labute approximate surface area is 142 Å². The van der Waals surface area contributed by atoms with Gasteiger partial charge in [-0.3, -0.25) is 4.90 Å². The zero-order chi connectivity index (χ0) is 17.2. The molecule has 128 valence electrons. The largest absolute Gasteiger partial charge is 0.507 e. The molecule has 0 spiro atoms. The second kappa shape index (κ2) is 6.92. The van der Waals surface area contributed by atoms with E-state index in [9.17, 15) is 9.50 Å². The number of piperidine rings is 1. The van der Waals surface area contributed by atoms with E-state index in [-0.39, 0.29) is 13.0 Å². The fourth-order valence-corrected chi connectivity index (χ4v) is 3.63. The maximum Gasteiger partial charge on any atom is 0.132 e. The third-order valence-electron chi connectivity index (χ3n) is 5.20. The molecule has 1 aromatic rings. The van der Waals surface area contributed by atoms with Crippen LogP contribution in [0, 0.1) is 11.3 Å². The molecule has 1 aromatic carbocycles. The third-order valence-corrected chi connectivity index (χ3v) is 5.20. The molecule has 0 saturated carbocycles. The molecule has 1 fully saturated rings. The highest BCUT2D eigenvalue weighted by atomic mass is 19.1. The number of rotatable bonds is 4. The molecule has 1 heterocycles. The van der Waals surface area contributed by atoms with Gasteiger partial charge in [0.15, 0.2) is 0 Å². The van der Waals surface area contributed by atoms with Gasteiger partial charge in [-0.25, -0.2) is 4.39 Å². The van der Waals surface area contributed by atoms with E-state index >= 15 is 0 Å². The van der Waals surface area contributed by atoms with Gasteiger partial charge in [-0.1, -0.05) is 18.2 Å². The van der Waals surface area contributed by atoms with Crippen molar-refractivity contribution in [2.24, 2.45) is 5.73 Å². The van der Waals surface area contributed by atoms with Crippen molar-refractivity contribution in [1.29, 1.82) is 5.26 Å². The number of benzene rings is 1. The van der Waals surface area contributed by atoms with Crippen molar-refractivity contribution in [3.05, 3.63) is 35.4 Å².